The summed E-state index contributed by atoms with van der Waals surface area (Å²) in [5.74, 6) is 2.52. The van der Waals surface area contributed by atoms with Gasteiger partial charge in [0.25, 0.3) is 0 Å². The first-order chi connectivity index (χ1) is 17.6. The van der Waals surface area contributed by atoms with Crippen molar-refractivity contribution in [3.63, 3.8) is 0 Å². The number of likely N-dealkylation sites (tertiary alicyclic amines) is 1. The van der Waals surface area contributed by atoms with Crippen LogP contribution in [0.1, 0.15) is 25.5 Å². The van der Waals surface area contributed by atoms with Gasteiger partial charge in [-0.3, -0.25) is 9.78 Å². The van der Waals surface area contributed by atoms with E-state index in [0.29, 0.717) is 64.9 Å². The van der Waals surface area contributed by atoms with E-state index in [4.69, 9.17) is 4.74 Å². The highest BCUT2D eigenvalue weighted by Crippen LogP contribution is 2.38. The molecule has 3 atom stereocenters. The van der Waals surface area contributed by atoms with Crippen molar-refractivity contribution in [1.29, 1.82) is 0 Å². The quantitative estimate of drug-likeness (QED) is 0.499. The third-order valence-corrected chi connectivity index (χ3v) is 8.68. The molecule has 2 N–H and O–H groups in total. The summed E-state index contributed by atoms with van der Waals surface area (Å²) < 4.78 is 19.9. The molecule has 2 fully saturated rings. The number of methoxy groups -OCH3 is 1. The van der Waals surface area contributed by atoms with E-state index < -0.39 is 0 Å². The number of nitrogens with zero attached hydrogens (tertiary/aromatic N) is 4. The number of hydrogen-bond donors (Lipinski definition) is 2. The van der Waals surface area contributed by atoms with Crippen molar-refractivity contribution in [3.05, 3.63) is 47.5 Å². The molecule has 1 saturated carbocycles. The zero-order valence-corrected chi connectivity index (χ0v) is 21.0. The molecule has 1 aliphatic carbocycles. The number of nitrogens with one attached hydrogen (secondary N) is 2. The Labute approximate surface area is 214 Å². The van der Waals surface area contributed by atoms with Crippen LogP contribution in [0.5, 0.6) is 5.88 Å². The zero-order chi connectivity index (χ0) is 24.6. The number of pyridine rings is 3. The van der Waals surface area contributed by atoms with Gasteiger partial charge >= 0.3 is 0 Å². The summed E-state index contributed by atoms with van der Waals surface area (Å²) in [6.07, 6.45) is 4.25. The van der Waals surface area contributed by atoms with Crippen LogP contribution in [0.2, 0.25) is 0 Å². The van der Waals surface area contributed by atoms with Crippen molar-refractivity contribution in [2.24, 2.45) is 11.8 Å². The first-order valence-corrected chi connectivity index (χ1v) is 13.4. The van der Waals surface area contributed by atoms with Crippen molar-refractivity contribution in [2.75, 3.05) is 37.8 Å². The second kappa shape index (κ2) is 9.91. The number of ether oxygens (including phenoxy) is 1. The highest BCUT2D eigenvalue weighted by molar-refractivity contribution is 8.00. The standard InChI is InChI=1S/C26H29FN6O2S.H2/c1-35-24-7-5-21-25(32-24)17(19(27)11-29-21)8-9-33-12-15-2-4-20(18(15)13-33)28-10-16-3-6-22-26(30-16)31-23(34)14-36-22;/h3,5-7,11,15,18,20,28H,2,4,8-10,12-14H2,1H3,(H,30,31,34);1H/t15-,18+,20+;/m0./s1. The number of amides is 1. The monoisotopic (exact) mass is 510 g/mol. The van der Waals surface area contributed by atoms with Crippen molar-refractivity contribution in [3.8, 4) is 5.88 Å². The van der Waals surface area contributed by atoms with Gasteiger partial charge in [0.15, 0.2) is 0 Å². The number of carbonyl (C=O) groups is 1. The largest absolute Gasteiger partial charge is 0.481 e. The molecule has 10 heteroatoms. The Bertz CT molecular complexity index is 1310. The van der Waals surface area contributed by atoms with E-state index >= 15 is 0 Å². The van der Waals surface area contributed by atoms with E-state index in [1.807, 2.05) is 18.2 Å². The lowest BCUT2D eigenvalue weighted by Crippen LogP contribution is -2.36. The second-order valence-electron chi connectivity index (χ2n) is 9.79. The van der Waals surface area contributed by atoms with Crippen LogP contribution < -0.4 is 15.4 Å². The molecule has 190 valence electrons. The van der Waals surface area contributed by atoms with Crippen LogP contribution in [0.25, 0.3) is 11.0 Å². The Balaban J connectivity index is 0.00000280. The fraction of sp³-hybridized carbons (Fsp3) is 0.462. The van der Waals surface area contributed by atoms with Gasteiger partial charge in [-0.05, 0) is 49.3 Å². The van der Waals surface area contributed by atoms with Gasteiger partial charge in [0, 0.05) is 45.3 Å². The number of halogens is 1. The molecule has 0 radical (unpaired) electrons. The highest BCUT2D eigenvalue weighted by atomic mass is 32.2. The summed E-state index contributed by atoms with van der Waals surface area (Å²) in [6, 6.07) is 8.10. The Kier molecular flexibility index (Phi) is 6.49. The number of fused-ring (bicyclic) bond motifs is 3. The lowest BCUT2D eigenvalue weighted by atomic mass is 9.98. The number of hydrogen-bond acceptors (Lipinski definition) is 8. The number of aromatic nitrogens is 3. The summed E-state index contributed by atoms with van der Waals surface area (Å²) in [6.45, 7) is 3.53. The second-order valence-corrected chi connectivity index (χ2v) is 10.8. The molecule has 6 rings (SSSR count). The molecule has 36 heavy (non-hydrogen) atoms. The Hall–Kier alpha value is -2.82. The summed E-state index contributed by atoms with van der Waals surface area (Å²) in [4.78, 5) is 28.5. The molecule has 0 unspecified atom stereocenters. The van der Waals surface area contributed by atoms with E-state index in [0.717, 1.165) is 36.6 Å². The fourth-order valence-electron chi connectivity index (χ4n) is 5.83. The van der Waals surface area contributed by atoms with Gasteiger partial charge in [0.1, 0.15) is 11.6 Å². The third kappa shape index (κ3) is 4.65. The van der Waals surface area contributed by atoms with E-state index in [1.54, 1.807) is 13.2 Å². The van der Waals surface area contributed by atoms with Gasteiger partial charge in [0.05, 0.1) is 40.7 Å². The first kappa shape index (κ1) is 23.6. The smallest absolute Gasteiger partial charge is 0.235 e. The average Bonchev–Trinajstić information content (AvgIpc) is 3.47. The molecule has 0 spiro atoms. The number of rotatable bonds is 7. The molecular weight excluding hydrogens is 479 g/mol. The van der Waals surface area contributed by atoms with Crippen LogP contribution in [0, 0.1) is 17.7 Å². The Morgan fingerprint density at radius 1 is 1.25 bits per heavy atom. The van der Waals surface area contributed by atoms with Crippen molar-refractivity contribution >= 4 is 34.5 Å². The first-order valence-electron chi connectivity index (χ1n) is 12.4. The molecule has 3 aromatic rings. The Morgan fingerprint density at radius 2 is 2.17 bits per heavy atom. The maximum absolute atomic E-state index is 14.7. The summed E-state index contributed by atoms with van der Waals surface area (Å²) in [5, 5.41) is 6.60. The molecule has 1 saturated heterocycles. The van der Waals surface area contributed by atoms with E-state index in [1.165, 1.54) is 24.4 Å². The van der Waals surface area contributed by atoms with Gasteiger partial charge in [-0.15, -0.1) is 11.8 Å². The van der Waals surface area contributed by atoms with Crippen molar-refractivity contribution in [2.45, 2.75) is 36.7 Å². The van der Waals surface area contributed by atoms with Crippen LogP contribution >= 0.6 is 11.8 Å². The minimum atomic E-state index is -0.311. The van der Waals surface area contributed by atoms with E-state index in [-0.39, 0.29) is 13.2 Å². The van der Waals surface area contributed by atoms with Gasteiger partial charge in [0.2, 0.25) is 11.8 Å². The molecule has 5 heterocycles. The number of thioether (sulfide) groups is 1. The molecule has 0 aromatic carbocycles. The van der Waals surface area contributed by atoms with Crippen molar-refractivity contribution < 1.29 is 15.3 Å². The predicted molar refractivity (Wildman–Crippen MR) is 139 cm³/mol. The topological polar surface area (TPSA) is 92.3 Å². The lowest BCUT2D eigenvalue weighted by Gasteiger charge is -2.22. The molecular formula is C26H31FN6O2S. The SMILES string of the molecule is COc1ccc2ncc(F)c(CCN3C[C@@H]4CC[C@@H](NCc5ccc6c(n5)NC(=O)CS6)[C@@H]4C3)c2n1.[HH]. The molecule has 0 bridgehead atoms. The fourth-order valence-corrected chi connectivity index (χ4v) is 6.59. The third-order valence-electron chi connectivity index (χ3n) is 7.64. The van der Waals surface area contributed by atoms with Crippen molar-refractivity contribution in [1.82, 2.24) is 25.2 Å². The maximum Gasteiger partial charge on any atom is 0.235 e. The summed E-state index contributed by atoms with van der Waals surface area (Å²) >= 11 is 1.53. The predicted octanol–water partition coefficient (Wildman–Crippen LogP) is 3.51. The van der Waals surface area contributed by atoms with Crippen LogP contribution in [-0.2, 0) is 17.8 Å². The van der Waals surface area contributed by atoms with Gasteiger partial charge in [-0.25, -0.2) is 14.4 Å². The van der Waals surface area contributed by atoms with Crippen LogP contribution in [0.3, 0.4) is 0 Å². The maximum atomic E-state index is 14.7. The summed E-state index contributed by atoms with van der Waals surface area (Å²) in [5.41, 5.74) is 2.82. The average molecular weight is 511 g/mol. The number of carbonyl (C=O) groups excluding carboxylic acids is 1. The minimum absolute atomic E-state index is 0. The number of anilines is 1. The molecule has 2 aliphatic heterocycles. The molecule has 8 nitrogen and oxygen atoms in total. The minimum Gasteiger partial charge on any atom is -0.481 e. The molecule has 1 amide bonds. The Morgan fingerprint density at radius 3 is 3.06 bits per heavy atom. The summed E-state index contributed by atoms with van der Waals surface area (Å²) in [7, 11) is 1.56. The highest BCUT2D eigenvalue weighted by Gasteiger charge is 2.42. The molecule has 3 aromatic heterocycles. The van der Waals surface area contributed by atoms with Gasteiger partial charge < -0.3 is 20.3 Å². The van der Waals surface area contributed by atoms with Crippen LogP contribution in [0.4, 0.5) is 10.2 Å². The zero-order valence-electron chi connectivity index (χ0n) is 20.2. The lowest BCUT2D eigenvalue weighted by molar-refractivity contribution is -0.113. The van der Waals surface area contributed by atoms with E-state index in [9.17, 15) is 9.18 Å². The van der Waals surface area contributed by atoms with E-state index in [2.05, 4.69) is 30.5 Å². The van der Waals surface area contributed by atoms with Gasteiger partial charge in [-0.2, -0.15) is 0 Å². The normalized spacial score (nSPS) is 23.5. The van der Waals surface area contributed by atoms with Gasteiger partial charge in [-0.1, -0.05) is 0 Å². The molecule has 3 aliphatic rings. The van der Waals surface area contributed by atoms with Crippen LogP contribution in [-0.4, -0.2) is 64.3 Å². The van der Waals surface area contributed by atoms with Crippen LogP contribution in [0.15, 0.2) is 35.4 Å².